The third-order valence-electron chi connectivity index (χ3n) is 8.85. The summed E-state index contributed by atoms with van der Waals surface area (Å²) in [5, 5.41) is 26.6. The summed E-state index contributed by atoms with van der Waals surface area (Å²) in [4.78, 5) is 14.1. The third kappa shape index (κ3) is 6.94. The summed E-state index contributed by atoms with van der Waals surface area (Å²) in [6, 6.07) is 11.1. The Bertz CT molecular complexity index is 1450. The normalized spacial score (nSPS) is 25.0. The summed E-state index contributed by atoms with van der Waals surface area (Å²) >= 11 is 9.83. The number of sulfonamides is 1. The van der Waals surface area contributed by atoms with Crippen molar-refractivity contribution in [3.63, 3.8) is 0 Å². The van der Waals surface area contributed by atoms with Gasteiger partial charge in [0.15, 0.2) is 0 Å². The second kappa shape index (κ2) is 12.2. The first-order valence-corrected chi connectivity index (χ1v) is 16.9. The summed E-state index contributed by atoms with van der Waals surface area (Å²) < 4.78 is 29.7. The molecule has 0 aromatic heterocycles. The van der Waals surface area contributed by atoms with Gasteiger partial charge in [0.1, 0.15) is 5.75 Å². The van der Waals surface area contributed by atoms with Crippen LogP contribution in [0.5, 0.6) is 5.75 Å². The van der Waals surface area contributed by atoms with Crippen LogP contribution in [0, 0.1) is 11.8 Å². The van der Waals surface area contributed by atoms with E-state index in [9.17, 15) is 23.4 Å². The number of fused-ring (bicyclic) bond motifs is 3. The van der Waals surface area contributed by atoms with E-state index in [2.05, 4.69) is 26.9 Å². The van der Waals surface area contributed by atoms with Crippen LogP contribution in [0.4, 0.5) is 5.69 Å². The third-order valence-corrected chi connectivity index (χ3v) is 10.6. The molecule has 0 amide bonds. The molecule has 1 spiro atoms. The maximum atomic E-state index is 11.9. The van der Waals surface area contributed by atoms with Crippen LogP contribution < -0.4 is 14.8 Å². The predicted molar refractivity (Wildman–Crippen MR) is 164 cm³/mol. The summed E-state index contributed by atoms with van der Waals surface area (Å²) in [6.45, 7) is 1.81. The number of aliphatic hydroxyl groups is 1. The molecule has 4 N–H and O–H groups in total. The number of aryl methyl sites for hydroxylation is 1. The van der Waals surface area contributed by atoms with Crippen molar-refractivity contribution in [2.75, 3.05) is 30.3 Å². The average Bonchev–Trinajstić information content (AvgIpc) is 3.02. The van der Waals surface area contributed by atoms with Gasteiger partial charge in [-0.1, -0.05) is 33.6 Å². The van der Waals surface area contributed by atoms with Gasteiger partial charge >= 0.3 is 5.97 Å². The van der Waals surface area contributed by atoms with Gasteiger partial charge in [0.05, 0.1) is 29.7 Å². The smallest absolute Gasteiger partial charge is 0.335 e. The zero-order valence-corrected chi connectivity index (χ0v) is 25.9. The van der Waals surface area contributed by atoms with Crippen LogP contribution in [0.3, 0.4) is 0 Å². The molecule has 0 bridgehead atoms. The summed E-state index contributed by atoms with van der Waals surface area (Å²) in [5.41, 5.74) is 3.17. The highest BCUT2D eigenvalue weighted by Crippen LogP contribution is 2.46. The van der Waals surface area contributed by atoms with Crippen LogP contribution in [0.2, 0.25) is 5.02 Å². The largest absolute Gasteiger partial charge is 0.490 e. The molecule has 1 heterocycles. The minimum atomic E-state index is -3.52. The van der Waals surface area contributed by atoms with Crippen molar-refractivity contribution in [1.82, 2.24) is 0 Å². The van der Waals surface area contributed by atoms with E-state index in [1.165, 1.54) is 11.1 Å². The van der Waals surface area contributed by atoms with E-state index in [1.807, 2.05) is 12.1 Å². The SMILES string of the molecule is NS(=O)(=O)CCC/C(Br)=C/[C@H](O)[C@@H]1CC[C@H]1CN1C[C@@]2(CCCc3cc(Cl)ccc32)COc2ccc(C(=O)O)cc21. The minimum Gasteiger partial charge on any atom is -0.490 e. The molecule has 222 valence electrons. The van der Waals surface area contributed by atoms with Gasteiger partial charge in [-0.15, -0.1) is 0 Å². The second-order valence-corrected chi connectivity index (χ2v) is 14.9. The molecule has 2 aliphatic carbocycles. The number of ether oxygens (including phenoxy) is 1. The van der Waals surface area contributed by atoms with E-state index in [-0.39, 0.29) is 28.6 Å². The van der Waals surface area contributed by atoms with Crippen molar-refractivity contribution in [3.05, 3.63) is 68.7 Å². The van der Waals surface area contributed by atoms with Crippen molar-refractivity contribution < 1.29 is 28.2 Å². The van der Waals surface area contributed by atoms with Crippen molar-refractivity contribution >= 4 is 49.2 Å². The first-order valence-electron chi connectivity index (χ1n) is 14.0. The number of hydrogen-bond acceptors (Lipinski definition) is 6. The number of rotatable bonds is 9. The Morgan fingerprint density at radius 3 is 2.78 bits per heavy atom. The van der Waals surface area contributed by atoms with Crippen molar-refractivity contribution in [1.29, 1.82) is 0 Å². The molecule has 1 aliphatic heterocycles. The number of carbonyl (C=O) groups is 1. The number of carboxylic acid groups (broad SMARTS) is 1. The lowest BCUT2D eigenvalue weighted by Gasteiger charge is -2.45. The Labute approximate surface area is 254 Å². The maximum Gasteiger partial charge on any atom is 0.335 e. The van der Waals surface area contributed by atoms with Gasteiger partial charge in [-0.05, 0) is 109 Å². The highest BCUT2D eigenvalue weighted by Gasteiger charge is 2.44. The number of carboxylic acids is 1. The number of aliphatic hydroxyl groups excluding tert-OH is 1. The van der Waals surface area contributed by atoms with Crippen molar-refractivity contribution in [2.45, 2.75) is 56.5 Å². The molecule has 2 aromatic carbocycles. The first-order chi connectivity index (χ1) is 19.4. The zero-order valence-electron chi connectivity index (χ0n) is 22.8. The second-order valence-electron chi connectivity index (χ2n) is 11.7. The fourth-order valence-electron chi connectivity index (χ4n) is 6.64. The molecule has 0 saturated heterocycles. The number of nitrogens with zero attached hydrogens (tertiary/aromatic N) is 1. The number of allylic oxidation sites excluding steroid dienone is 1. The van der Waals surface area contributed by atoms with Gasteiger partial charge in [-0.2, -0.15) is 0 Å². The van der Waals surface area contributed by atoms with E-state index >= 15 is 0 Å². The summed E-state index contributed by atoms with van der Waals surface area (Å²) in [7, 11) is -3.52. The monoisotopic (exact) mass is 666 g/mol. The van der Waals surface area contributed by atoms with Crippen LogP contribution in [-0.4, -0.2) is 56.2 Å². The lowest BCUT2D eigenvalue weighted by molar-refractivity contribution is 0.0455. The van der Waals surface area contributed by atoms with Crippen molar-refractivity contribution in [2.24, 2.45) is 17.0 Å². The Kier molecular flexibility index (Phi) is 9.07. The van der Waals surface area contributed by atoms with Crippen LogP contribution in [-0.2, 0) is 21.9 Å². The number of aromatic carboxylic acids is 1. The standard InChI is InChI=1S/C30H36BrClN2O6S/c31-22(4-2-12-41(33,38)39)15-27(35)24-8-5-21(24)16-34-17-30(11-1-3-19-13-23(32)7-9-25(19)30)18-40-28-10-6-20(29(36)37)14-26(28)34/h6-7,9-10,13-15,21,24,27,35H,1-5,8,11-12,16-18H2,(H,36,37)(H2,33,38,39)/b22-15-/t21-,24+,27-,30-/m0/s1. The van der Waals surface area contributed by atoms with E-state index in [0.29, 0.717) is 38.3 Å². The number of halogens is 2. The molecule has 5 rings (SSSR count). The van der Waals surface area contributed by atoms with Crippen LogP contribution in [0.25, 0.3) is 0 Å². The molecule has 41 heavy (non-hydrogen) atoms. The number of benzene rings is 2. The fraction of sp³-hybridized carbons (Fsp3) is 0.500. The maximum absolute atomic E-state index is 11.9. The van der Waals surface area contributed by atoms with Crippen molar-refractivity contribution in [3.8, 4) is 5.75 Å². The molecule has 0 radical (unpaired) electrons. The van der Waals surface area contributed by atoms with E-state index < -0.39 is 22.1 Å². The van der Waals surface area contributed by atoms with Crippen LogP contribution >= 0.6 is 27.5 Å². The highest BCUT2D eigenvalue weighted by atomic mass is 79.9. The molecule has 0 unspecified atom stereocenters. The van der Waals surface area contributed by atoms with Gasteiger partial charge in [0.2, 0.25) is 10.0 Å². The van der Waals surface area contributed by atoms with E-state index in [0.717, 1.165) is 47.3 Å². The lowest BCUT2D eigenvalue weighted by atomic mass is 9.68. The first kappa shape index (κ1) is 30.4. The molecule has 3 aliphatic rings. The molecule has 11 heteroatoms. The molecular weight excluding hydrogens is 632 g/mol. The van der Waals surface area contributed by atoms with Gasteiger partial charge in [0, 0.05) is 23.5 Å². The summed E-state index contributed by atoms with van der Waals surface area (Å²) in [6.07, 6.45) is 6.68. The Morgan fingerprint density at radius 1 is 1.27 bits per heavy atom. The number of primary sulfonamides is 1. The van der Waals surface area contributed by atoms with Gasteiger partial charge in [-0.25, -0.2) is 18.4 Å². The average molecular weight is 668 g/mol. The minimum absolute atomic E-state index is 0.0319. The Morgan fingerprint density at radius 2 is 2.07 bits per heavy atom. The number of hydrogen-bond donors (Lipinski definition) is 3. The topological polar surface area (TPSA) is 130 Å². The summed E-state index contributed by atoms with van der Waals surface area (Å²) in [5.74, 6) is -0.204. The molecule has 1 saturated carbocycles. The quantitative estimate of drug-likeness (QED) is 0.333. The highest BCUT2D eigenvalue weighted by molar-refractivity contribution is 9.11. The Hall–Kier alpha value is -2.11. The van der Waals surface area contributed by atoms with Crippen LogP contribution in [0.15, 0.2) is 47.0 Å². The lowest BCUT2D eigenvalue weighted by Crippen LogP contribution is -2.49. The van der Waals surface area contributed by atoms with E-state index in [4.69, 9.17) is 21.5 Å². The fourth-order valence-corrected chi connectivity index (χ4v) is 7.93. The predicted octanol–water partition coefficient (Wildman–Crippen LogP) is 5.25. The molecule has 8 nitrogen and oxygen atoms in total. The van der Waals surface area contributed by atoms with Gasteiger partial charge in [-0.3, -0.25) is 0 Å². The van der Waals surface area contributed by atoms with Gasteiger partial charge in [0.25, 0.3) is 0 Å². The van der Waals surface area contributed by atoms with Gasteiger partial charge < -0.3 is 19.8 Å². The molecule has 1 fully saturated rings. The number of anilines is 1. The molecule has 4 atom stereocenters. The Balaban J connectivity index is 1.40. The van der Waals surface area contributed by atoms with Crippen LogP contribution in [0.1, 0.15) is 60.0 Å². The molecule has 2 aromatic rings. The number of nitrogens with two attached hydrogens (primary N) is 1. The zero-order chi connectivity index (χ0) is 29.4. The van der Waals surface area contributed by atoms with E-state index in [1.54, 1.807) is 24.3 Å². The molecular formula is C30H36BrClN2O6S.